The fourth-order valence-electron chi connectivity index (χ4n) is 2.82. The Hall–Kier alpha value is -1.27. The third-order valence-corrected chi connectivity index (χ3v) is 4.74. The average Bonchev–Trinajstić information content (AvgIpc) is 2.94. The summed E-state index contributed by atoms with van der Waals surface area (Å²) >= 11 is 3.60. The van der Waals surface area contributed by atoms with E-state index in [-0.39, 0.29) is 12.0 Å². The zero-order valence-electron chi connectivity index (χ0n) is 14.7. The fraction of sp³-hybridized carbons (Fsp3) is 0.611. The number of methoxy groups -OCH3 is 1. The van der Waals surface area contributed by atoms with E-state index in [1.54, 1.807) is 7.11 Å². The van der Waals surface area contributed by atoms with Crippen molar-refractivity contribution in [2.75, 3.05) is 26.7 Å². The van der Waals surface area contributed by atoms with Crippen molar-refractivity contribution in [2.45, 2.75) is 45.8 Å². The first-order chi connectivity index (χ1) is 11.5. The van der Waals surface area contributed by atoms with E-state index in [0.717, 1.165) is 54.0 Å². The maximum absolute atomic E-state index is 11.6. The standard InChI is InChI=1S/C18H27BrN2O3/c1-13(2)24-18-14(15(19)7-8-16(18)23-3)12-20-9-5-11-21-10-4-6-17(21)22/h7-8,13,20H,4-6,9-12H2,1-3H3. The van der Waals surface area contributed by atoms with Gasteiger partial charge in [0.25, 0.3) is 0 Å². The number of carbonyl (C=O) groups is 1. The first kappa shape index (κ1) is 19.1. The smallest absolute Gasteiger partial charge is 0.222 e. The summed E-state index contributed by atoms with van der Waals surface area (Å²) in [5.41, 5.74) is 1.06. The summed E-state index contributed by atoms with van der Waals surface area (Å²) in [7, 11) is 1.65. The van der Waals surface area contributed by atoms with Crippen LogP contribution in [0.4, 0.5) is 0 Å². The largest absolute Gasteiger partial charge is 0.493 e. The van der Waals surface area contributed by atoms with Crippen LogP contribution in [0.25, 0.3) is 0 Å². The molecule has 0 saturated carbocycles. The second kappa shape index (κ2) is 9.28. The summed E-state index contributed by atoms with van der Waals surface area (Å²) < 4.78 is 12.4. The molecule has 134 valence electrons. The molecule has 1 saturated heterocycles. The predicted octanol–water partition coefficient (Wildman–Crippen LogP) is 3.35. The maximum Gasteiger partial charge on any atom is 0.222 e. The highest BCUT2D eigenvalue weighted by molar-refractivity contribution is 9.10. The molecule has 0 spiro atoms. The van der Waals surface area contributed by atoms with Crippen molar-refractivity contribution >= 4 is 21.8 Å². The third kappa shape index (κ3) is 5.11. The van der Waals surface area contributed by atoms with Gasteiger partial charge in [0.15, 0.2) is 11.5 Å². The molecule has 24 heavy (non-hydrogen) atoms. The number of likely N-dealkylation sites (tertiary alicyclic amines) is 1. The summed E-state index contributed by atoms with van der Waals surface area (Å²) in [4.78, 5) is 13.5. The number of amides is 1. The van der Waals surface area contributed by atoms with E-state index in [9.17, 15) is 4.79 Å². The topological polar surface area (TPSA) is 50.8 Å². The van der Waals surface area contributed by atoms with Gasteiger partial charge in [0, 0.05) is 36.1 Å². The lowest BCUT2D eigenvalue weighted by Crippen LogP contribution is -2.28. The van der Waals surface area contributed by atoms with Crippen LogP contribution in [0.15, 0.2) is 16.6 Å². The molecule has 0 bridgehead atoms. The SMILES string of the molecule is COc1ccc(Br)c(CNCCCN2CCCC2=O)c1OC(C)C. The molecule has 1 heterocycles. The van der Waals surface area contributed by atoms with Crippen LogP contribution in [0.1, 0.15) is 38.7 Å². The molecular formula is C18H27BrN2O3. The number of nitrogens with zero attached hydrogens (tertiary/aromatic N) is 1. The van der Waals surface area contributed by atoms with Gasteiger partial charge in [0.1, 0.15) is 0 Å². The minimum atomic E-state index is 0.0770. The van der Waals surface area contributed by atoms with Gasteiger partial charge < -0.3 is 19.7 Å². The quantitative estimate of drug-likeness (QED) is 0.648. The van der Waals surface area contributed by atoms with Crippen molar-refractivity contribution in [3.8, 4) is 11.5 Å². The number of halogens is 1. The lowest BCUT2D eigenvalue weighted by molar-refractivity contribution is -0.127. The summed E-state index contributed by atoms with van der Waals surface area (Å²) in [6.45, 7) is 7.30. The number of nitrogens with one attached hydrogen (secondary N) is 1. The van der Waals surface area contributed by atoms with Crippen LogP contribution >= 0.6 is 15.9 Å². The number of hydrogen-bond donors (Lipinski definition) is 1. The monoisotopic (exact) mass is 398 g/mol. The normalized spacial score (nSPS) is 14.5. The molecule has 0 atom stereocenters. The van der Waals surface area contributed by atoms with Gasteiger partial charge >= 0.3 is 0 Å². The van der Waals surface area contributed by atoms with Crippen LogP contribution in [0.3, 0.4) is 0 Å². The summed E-state index contributed by atoms with van der Waals surface area (Å²) in [6.07, 6.45) is 2.74. The van der Waals surface area contributed by atoms with Crippen molar-refractivity contribution in [2.24, 2.45) is 0 Å². The van der Waals surface area contributed by atoms with Crippen LogP contribution in [-0.4, -0.2) is 43.7 Å². The number of benzene rings is 1. The lowest BCUT2D eigenvalue weighted by Gasteiger charge is -2.19. The summed E-state index contributed by atoms with van der Waals surface area (Å²) in [5, 5.41) is 3.44. The van der Waals surface area contributed by atoms with Crippen LogP contribution in [-0.2, 0) is 11.3 Å². The minimum Gasteiger partial charge on any atom is -0.493 e. The molecule has 2 rings (SSSR count). The molecule has 0 radical (unpaired) electrons. The molecule has 0 aliphatic carbocycles. The molecule has 0 unspecified atom stereocenters. The predicted molar refractivity (Wildman–Crippen MR) is 98.6 cm³/mol. The van der Waals surface area contributed by atoms with Gasteiger partial charge in [-0.05, 0) is 45.4 Å². The fourth-order valence-corrected chi connectivity index (χ4v) is 3.27. The molecular weight excluding hydrogens is 372 g/mol. The molecule has 6 heteroatoms. The Morgan fingerprint density at radius 3 is 2.79 bits per heavy atom. The highest BCUT2D eigenvalue weighted by atomic mass is 79.9. The van der Waals surface area contributed by atoms with Crippen LogP contribution in [0, 0.1) is 0 Å². The van der Waals surface area contributed by atoms with Crippen molar-refractivity contribution in [3.05, 3.63) is 22.2 Å². The van der Waals surface area contributed by atoms with Gasteiger partial charge in [0.2, 0.25) is 5.91 Å². The van der Waals surface area contributed by atoms with Gasteiger partial charge in [-0.2, -0.15) is 0 Å². The maximum atomic E-state index is 11.6. The second-order valence-electron chi connectivity index (χ2n) is 6.24. The van der Waals surface area contributed by atoms with Crippen LogP contribution < -0.4 is 14.8 Å². The lowest BCUT2D eigenvalue weighted by atomic mass is 10.1. The Labute approximate surface area is 152 Å². The van der Waals surface area contributed by atoms with Gasteiger partial charge in [-0.25, -0.2) is 0 Å². The van der Waals surface area contributed by atoms with E-state index in [1.807, 2.05) is 30.9 Å². The third-order valence-electron chi connectivity index (χ3n) is 4.00. The van der Waals surface area contributed by atoms with Crippen molar-refractivity contribution in [1.29, 1.82) is 0 Å². The van der Waals surface area contributed by atoms with Crippen molar-refractivity contribution in [1.82, 2.24) is 10.2 Å². The van der Waals surface area contributed by atoms with Gasteiger partial charge in [0.05, 0.1) is 13.2 Å². The highest BCUT2D eigenvalue weighted by Crippen LogP contribution is 2.36. The summed E-state index contributed by atoms with van der Waals surface area (Å²) in [6, 6.07) is 3.89. The Bertz CT molecular complexity index is 563. The van der Waals surface area contributed by atoms with Gasteiger partial charge in [-0.3, -0.25) is 4.79 Å². The zero-order chi connectivity index (χ0) is 17.5. The Kier molecular flexibility index (Phi) is 7.37. The molecule has 1 aliphatic heterocycles. The number of hydrogen-bond acceptors (Lipinski definition) is 4. The molecule has 1 N–H and O–H groups in total. The molecule has 1 aliphatic rings. The van der Waals surface area contributed by atoms with Crippen molar-refractivity contribution < 1.29 is 14.3 Å². The summed E-state index contributed by atoms with van der Waals surface area (Å²) in [5.74, 6) is 1.81. The van der Waals surface area contributed by atoms with E-state index in [2.05, 4.69) is 21.2 Å². The number of ether oxygens (including phenoxy) is 2. The molecule has 1 aromatic rings. The van der Waals surface area contributed by atoms with Crippen molar-refractivity contribution in [3.63, 3.8) is 0 Å². The first-order valence-corrected chi connectivity index (χ1v) is 9.32. The first-order valence-electron chi connectivity index (χ1n) is 8.53. The Morgan fingerprint density at radius 2 is 2.17 bits per heavy atom. The van der Waals surface area contributed by atoms with Crippen LogP contribution in [0.5, 0.6) is 11.5 Å². The van der Waals surface area contributed by atoms with Gasteiger partial charge in [-0.1, -0.05) is 15.9 Å². The van der Waals surface area contributed by atoms with E-state index in [1.165, 1.54) is 0 Å². The average molecular weight is 399 g/mol. The van der Waals surface area contributed by atoms with Gasteiger partial charge in [-0.15, -0.1) is 0 Å². The zero-order valence-corrected chi connectivity index (χ0v) is 16.3. The van der Waals surface area contributed by atoms with E-state index >= 15 is 0 Å². The molecule has 1 fully saturated rings. The molecule has 5 nitrogen and oxygen atoms in total. The molecule has 1 amide bonds. The molecule has 1 aromatic carbocycles. The van der Waals surface area contributed by atoms with E-state index in [4.69, 9.17) is 9.47 Å². The van der Waals surface area contributed by atoms with E-state index in [0.29, 0.717) is 13.0 Å². The Morgan fingerprint density at radius 1 is 1.38 bits per heavy atom. The van der Waals surface area contributed by atoms with Crippen LogP contribution in [0.2, 0.25) is 0 Å². The second-order valence-corrected chi connectivity index (χ2v) is 7.09. The molecule has 0 aromatic heterocycles. The number of carbonyl (C=O) groups excluding carboxylic acids is 1. The Balaban J connectivity index is 1.89. The van der Waals surface area contributed by atoms with E-state index < -0.39 is 0 Å². The number of rotatable bonds is 9. The minimum absolute atomic E-state index is 0.0770. The highest BCUT2D eigenvalue weighted by Gasteiger charge is 2.19.